The van der Waals surface area contributed by atoms with E-state index in [0.717, 1.165) is 17.8 Å². The summed E-state index contributed by atoms with van der Waals surface area (Å²) < 4.78 is 85.1. The lowest BCUT2D eigenvalue weighted by Crippen LogP contribution is -2.58. The van der Waals surface area contributed by atoms with Crippen LogP contribution in [0.2, 0.25) is 0 Å². The van der Waals surface area contributed by atoms with E-state index in [2.05, 4.69) is 16.5 Å². The van der Waals surface area contributed by atoms with Crippen LogP contribution in [0.4, 0.5) is 32.2 Å². The van der Waals surface area contributed by atoms with Gasteiger partial charge in [-0.1, -0.05) is 6.58 Å². The molecule has 4 heterocycles. The van der Waals surface area contributed by atoms with Crippen LogP contribution >= 0.6 is 23.1 Å². The Hall–Kier alpha value is -3.07. The number of nitrogens with zero attached hydrogens (tertiary/aromatic N) is 5. The minimum Gasteiger partial charge on any atom is -0.352 e. The SMILES string of the molecule is C=CC(=O)N1C(C)CN(c2nc(=O)n3c4c(c(-c5ncc(C(F)(F)F)s5)c(C(F)(F)F)cc24)SCCC3)CC1C. The van der Waals surface area contributed by atoms with Crippen LogP contribution in [0.1, 0.15) is 30.7 Å². The van der Waals surface area contributed by atoms with E-state index in [1.165, 1.54) is 10.6 Å². The lowest BCUT2D eigenvalue weighted by molar-refractivity contribution is -0.137. The Kier molecular flexibility index (Phi) is 7.18. The third-order valence-corrected chi connectivity index (χ3v) is 9.16. The molecule has 2 aromatic heterocycles. The number of rotatable bonds is 3. The van der Waals surface area contributed by atoms with Gasteiger partial charge in [-0.15, -0.1) is 23.1 Å². The highest BCUT2D eigenvalue weighted by atomic mass is 32.2. The molecule has 15 heteroatoms. The number of piperazine rings is 1. The molecule has 5 rings (SSSR count). The molecule has 0 saturated carbocycles. The van der Waals surface area contributed by atoms with E-state index < -0.39 is 39.1 Å². The molecule has 214 valence electrons. The fourth-order valence-corrected chi connectivity index (χ4v) is 7.47. The highest BCUT2D eigenvalue weighted by Gasteiger charge is 2.41. The number of halogens is 6. The Morgan fingerprint density at radius 1 is 1.12 bits per heavy atom. The highest BCUT2D eigenvalue weighted by molar-refractivity contribution is 7.99. The third kappa shape index (κ3) is 4.86. The molecule has 0 spiro atoms. The van der Waals surface area contributed by atoms with Crippen molar-refractivity contribution in [3.63, 3.8) is 0 Å². The Labute approximate surface area is 232 Å². The molecular weight excluding hydrogens is 580 g/mol. The lowest BCUT2D eigenvalue weighted by atomic mass is 10.0. The normalized spacial score (nSPS) is 20.1. The van der Waals surface area contributed by atoms with E-state index >= 15 is 0 Å². The molecule has 1 saturated heterocycles. The van der Waals surface area contributed by atoms with E-state index in [0.29, 0.717) is 18.4 Å². The Morgan fingerprint density at radius 3 is 2.38 bits per heavy atom. The maximum Gasteiger partial charge on any atom is 0.427 e. The van der Waals surface area contributed by atoms with Crippen LogP contribution in [0, 0.1) is 0 Å². The van der Waals surface area contributed by atoms with Crippen molar-refractivity contribution >= 4 is 45.7 Å². The fraction of sp³-hybridized carbons (Fsp3) is 0.440. The monoisotopic (exact) mass is 603 g/mol. The average Bonchev–Trinajstić information content (AvgIpc) is 3.25. The number of carbonyl (C=O) groups excluding carboxylic acids is 1. The molecule has 1 fully saturated rings. The summed E-state index contributed by atoms with van der Waals surface area (Å²) >= 11 is 1.19. The second kappa shape index (κ2) is 10.1. The number of anilines is 1. The van der Waals surface area contributed by atoms with Gasteiger partial charge in [0.2, 0.25) is 5.91 Å². The van der Waals surface area contributed by atoms with E-state index in [1.807, 2.05) is 0 Å². The number of aromatic nitrogens is 3. The first-order valence-electron chi connectivity index (χ1n) is 12.3. The number of amides is 1. The number of hydrogen-bond acceptors (Lipinski definition) is 7. The molecule has 2 unspecified atom stereocenters. The van der Waals surface area contributed by atoms with Gasteiger partial charge in [0.1, 0.15) is 15.7 Å². The molecule has 2 aliphatic heterocycles. The number of aryl methyl sites for hydroxylation is 1. The number of thiazole rings is 1. The van der Waals surface area contributed by atoms with Crippen LogP contribution in [0.3, 0.4) is 0 Å². The van der Waals surface area contributed by atoms with Crippen molar-refractivity contribution in [1.82, 2.24) is 19.4 Å². The van der Waals surface area contributed by atoms with Gasteiger partial charge in [0.25, 0.3) is 0 Å². The van der Waals surface area contributed by atoms with Gasteiger partial charge in [0, 0.05) is 47.6 Å². The quantitative estimate of drug-likeness (QED) is 0.284. The van der Waals surface area contributed by atoms with Gasteiger partial charge in [-0.3, -0.25) is 9.36 Å². The van der Waals surface area contributed by atoms with Gasteiger partial charge in [0.05, 0.1) is 17.3 Å². The van der Waals surface area contributed by atoms with Crippen LogP contribution in [0.15, 0.2) is 34.6 Å². The van der Waals surface area contributed by atoms with Crippen molar-refractivity contribution in [1.29, 1.82) is 0 Å². The van der Waals surface area contributed by atoms with Crippen molar-refractivity contribution in [3.8, 4) is 10.6 Å². The molecule has 2 atom stereocenters. The molecule has 2 aliphatic rings. The minimum atomic E-state index is -4.94. The summed E-state index contributed by atoms with van der Waals surface area (Å²) in [6.07, 6.45) is -7.55. The largest absolute Gasteiger partial charge is 0.427 e. The summed E-state index contributed by atoms with van der Waals surface area (Å²) in [4.78, 5) is 35.8. The van der Waals surface area contributed by atoms with Gasteiger partial charge in [-0.2, -0.15) is 31.3 Å². The lowest BCUT2D eigenvalue weighted by Gasteiger charge is -2.44. The zero-order valence-corrected chi connectivity index (χ0v) is 22.9. The van der Waals surface area contributed by atoms with Crippen molar-refractivity contribution < 1.29 is 31.1 Å². The predicted octanol–water partition coefficient (Wildman–Crippen LogP) is 5.67. The Morgan fingerprint density at radius 2 is 1.80 bits per heavy atom. The average molecular weight is 604 g/mol. The first kappa shape index (κ1) is 28.5. The maximum atomic E-state index is 14.6. The number of alkyl halides is 6. The van der Waals surface area contributed by atoms with Gasteiger partial charge < -0.3 is 9.80 Å². The molecule has 3 aromatic rings. The number of carbonyl (C=O) groups is 1. The Bertz CT molecular complexity index is 1550. The zero-order chi connectivity index (χ0) is 29.1. The summed E-state index contributed by atoms with van der Waals surface area (Å²) in [5, 5.41) is -0.363. The molecule has 1 aromatic carbocycles. The van der Waals surface area contributed by atoms with Crippen LogP contribution in [-0.2, 0) is 23.7 Å². The number of thioether (sulfide) groups is 1. The first-order chi connectivity index (χ1) is 18.7. The molecule has 1 amide bonds. The van der Waals surface area contributed by atoms with Crippen molar-refractivity contribution in [2.75, 3.05) is 23.7 Å². The topological polar surface area (TPSA) is 71.3 Å². The minimum absolute atomic E-state index is 0.0385. The van der Waals surface area contributed by atoms with Gasteiger partial charge in [-0.05, 0) is 38.2 Å². The van der Waals surface area contributed by atoms with Gasteiger partial charge in [-0.25, -0.2) is 9.78 Å². The summed E-state index contributed by atoms with van der Waals surface area (Å²) in [6, 6.07) is 0.134. The van der Waals surface area contributed by atoms with E-state index in [1.54, 1.807) is 23.6 Å². The van der Waals surface area contributed by atoms with Crippen molar-refractivity contribution in [3.05, 3.63) is 45.8 Å². The molecule has 40 heavy (non-hydrogen) atoms. The van der Waals surface area contributed by atoms with Crippen LogP contribution < -0.4 is 10.6 Å². The van der Waals surface area contributed by atoms with Gasteiger partial charge in [0.15, 0.2) is 0 Å². The molecule has 7 nitrogen and oxygen atoms in total. The Balaban J connectivity index is 1.79. The molecule has 0 radical (unpaired) electrons. The smallest absolute Gasteiger partial charge is 0.352 e. The summed E-state index contributed by atoms with van der Waals surface area (Å²) in [6.45, 7) is 7.67. The molecule has 0 aliphatic carbocycles. The van der Waals surface area contributed by atoms with Crippen LogP contribution in [-0.4, -0.2) is 56.3 Å². The van der Waals surface area contributed by atoms with Crippen LogP contribution in [0.25, 0.3) is 21.5 Å². The van der Waals surface area contributed by atoms with Gasteiger partial charge >= 0.3 is 18.0 Å². The summed E-state index contributed by atoms with van der Waals surface area (Å²) in [5.74, 6) is 0.0908. The van der Waals surface area contributed by atoms with Crippen LogP contribution in [0.5, 0.6) is 0 Å². The zero-order valence-electron chi connectivity index (χ0n) is 21.3. The third-order valence-electron chi connectivity index (χ3n) is 6.92. The van der Waals surface area contributed by atoms with Crippen molar-refractivity contribution in [2.24, 2.45) is 0 Å². The summed E-state index contributed by atoms with van der Waals surface area (Å²) in [5.41, 5.74) is -2.10. The highest BCUT2D eigenvalue weighted by Crippen LogP contribution is 2.50. The molecule has 0 N–H and O–H groups in total. The number of benzene rings is 1. The molecular formula is C25H23F6N5O2S2. The first-order valence-corrected chi connectivity index (χ1v) is 14.1. The second-order valence-corrected chi connectivity index (χ2v) is 11.8. The predicted molar refractivity (Wildman–Crippen MR) is 141 cm³/mol. The van der Waals surface area contributed by atoms with Crippen molar-refractivity contribution in [2.45, 2.75) is 56.1 Å². The van der Waals surface area contributed by atoms with E-state index in [4.69, 9.17) is 0 Å². The van der Waals surface area contributed by atoms with E-state index in [9.17, 15) is 35.9 Å². The maximum absolute atomic E-state index is 14.6. The summed E-state index contributed by atoms with van der Waals surface area (Å²) in [7, 11) is 0. The second-order valence-electron chi connectivity index (χ2n) is 9.67. The molecule has 0 bridgehead atoms. The van der Waals surface area contributed by atoms with E-state index in [-0.39, 0.29) is 70.6 Å². The standard InChI is InChI=1S/C25H23F6N5O2S2/c1-4-17(37)36-12(2)10-34(11-13(36)3)21-14-8-15(24(26,27)28)18(22-32-9-16(40-22)25(29,30)31)20-19(14)35(23(38)33-21)6-5-7-39-20/h4,8-9,12-13H,1,5-7,10-11H2,2-3H3. The number of hydrogen-bond donors (Lipinski definition) is 0. The fourth-order valence-electron chi connectivity index (χ4n) is 5.37.